The van der Waals surface area contributed by atoms with E-state index in [0.717, 1.165) is 12.0 Å². The number of nitrogens with zero attached hydrogens (tertiary/aromatic N) is 1. The summed E-state index contributed by atoms with van der Waals surface area (Å²) in [7, 11) is 0. The molecule has 2 rings (SSSR count). The lowest BCUT2D eigenvalue weighted by Gasteiger charge is -2.20. The Morgan fingerprint density at radius 2 is 2.05 bits per heavy atom. The Bertz CT molecular complexity index is 526. The molecule has 1 fully saturated rings. The van der Waals surface area contributed by atoms with Gasteiger partial charge >= 0.3 is 5.97 Å². The second kappa shape index (κ2) is 5.65. The van der Waals surface area contributed by atoms with Gasteiger partial charge < -0.3 is 10.0 Å². The highest BCUT2D eigenvalue weighted by Crippen LogP contribution is 2.30. The van der Waals surface area contributed by atoms with E-state index in [2.05, 4.69) is 6.92 Å². The lowest BCUT2D eigenvalue weighted by molar-refractivity contribution is -0.147. The molecule has 1 unspecified atom stereocenters. The van der Waals surface area contributed by atoms with Crippen LogP contribution in [-0.4, -0.2) is 35.0 Å². The summed E-state index contributed by atoms with van der Waals surface area (Å²) in [5, 5.41) is 9.19. The highest BCUT2D eigenvalue weighted by Gasteiger charge is 2.41. The first kappa shape index (κ1) is 14.6. The van der Waals surface area contributed by atoms with Gasteiger partial charge in [0.15, 0.2) is 0 Å². The molecule has 0 aliphatic carbocycles. The molecule has 1 amide bonds. The minimum absolute atomic E-state index is 0.0169. The molecule has 1 aromatic carbocycles. The smallest absolute Gasteiger partial charge is 0.311 e. The van der Waals surface area contributed by atoms with Crippen molar-refractivity contribution in [3.63, 3.8) is 0 Å². The van der Waals surface area contributed by atoms with Gasteiger partial charge in [0.25, 0.3) is 0 Å². The quantitative estimate of drug-likeness (QED) is 0.915. The lowest BCUT2D eigenvalue weighted by Crippen LogP contribution is -2.35. The Morgan fingerprint density at radius 3 is 2.65 bits per heavy atom. The van der Waals surface area contributed by atoms with Gasteiger partial charge in [-0.25, -0.2) is 0 Å². The predicted octanol–water partition coefficient (Wildman–Crippen LogP) is 2.11. The van der Waals surface area contributed by atoms with Crippen LogP contribution < -0.4 is 0 Å². The molecule has 20 heavy (non-hydrogen) atoms. The van der Waals surface area contributed by atoms with Crippen LogP contribution in [0.5, 0.6) is 0 Å². The van der Waals surface area contributed by atoms with Crippen LogP contribution in [0.15, 0.2) is 24.3 Å². The van der Waals surface area contributed by atoms with Crippen LogP contribution in [0.25, 0.3) is 0 Å². The van der Waals surface area contributed by atoms with Gasteiger partial charge in [0.1, 0.15) is 0 Å². The third-order valence-corrected chi connectivity index (χ3v) is 4.10. The van der Waals surface area contributed by atoms with Crippen molar-refractivity contribution in [3.8, 4) is 0 Å². The summed E-state index contributed by atoms with van der Waals surface area (Å²) < 4.78 is 0. The summed E-state index contributed by atoms with van der Waals surface area (Å²) in [6.07, 6.45) is 1.83. The first-order valence-corrected chi connectivity index (χ1v) is 7.03. The molecule has 1 aliphatic heterocycles. The number of benzene rings is 1. The van der Waals surface area contributed by atoms with Crippen molar-refractivity contribution in [3.05, 3.63) is 35.4 Å². The van der Waals surface area contributed by atoms with Gasteiger partial charge in [0.05, 0.1) is 11.8 Å². The molecular weight excluding hydrogens is 254 g/mol. The summed E-state index contributed by atoms with van der Waals surface area (Å²) in [5.41, 5.74) is 1.42. The van der Waals surface area contributed by atoms with E-state index in [-0.39, 0.29) is 5.91 Å². The van der Waals surface area contributed by atoms with Gasteiger partial charge in [0.2, 0.25) is 5.91 Å². The molecule has 4 nitrogen and oxygen atoms in total. The van der Waals surface area contributed by atoms with E-state index in [9.17, 15) is 14.7 Å². The number of carbonyl (C=O) groups is 2. The van der Waals surface area contributed by atoms with Crippen molar-refractivity contribution in [1.29, 1.82) is 0 Å². The summed E-state index contributed by atoms with van der Waals surface area (Å²) in [4.78, 5) is 25.1. The van der Waals surface area contributed by atoms with Gasteiger partial charge in [-0.2, -0.15) is 0 Å². The maximum absolute atomic E-state index is 12.3. The number of hydrogen-bond donors (Lipinski definition) is 1. The molecule has 0 saturated carbocycles. The van der Waals surface area contributed by atoms with E-state index in [4.69, 9.17) is 0 Å². The highest BCUT2D eigenvalue weighted by molar-refractivity contribution is 5.82. The van der Waals surface area contributed by atoms with E-state index in [1.807, 2.05) is 24.3 Å². The molecule has 0 aromatic heterocycles. The predicted molar refractivity (Wildman–Crippen MR) is 76.5 cm³/mol. The van der Waals surface area contributed by atoms with Gasteiger partial charge in [0, 0.05) is 13.1 Å². The molecule has 1 aliphatic rings. The van der Waals surface area contributed by atoms with Crippen LogP contribution >= 0.6 is 0 Å². The van der Waals surface area contributed by atoms with Crippen LogP contribution in [-0.2, 0) is 22.4 Å². The number of carbonyl (C=O) groups excluding carboxylic acids is 1. The summed E-state index contributed by atoms with van der Waals surface area (Å²) >= 11 is 0. The third-order valence-electron chi connectivity index (χ3n) is 4.10. The van der Waals surface area contributed by atoms with E-state index < -0.39 is 11.4 Å². The topological polar surface area (TPSA) is 57.6 Å². The fourth-order valence-corrected chi connectivity index (χ4v) is 2.59. The van der Waals surface area contributed by atoms with Crippen molar-refractivity contribution in [2.75, 3.05) is 13.1 Å². The molecule has 0 spiro atoms. The summed E-state index contributed by atoms with van der Waals surface area (Å²) in [5.74, 6) is -0.802. The highest BCUT2D eigenvalue weighted by atomic mass is 16.4. The van der Waals surface area contributed by atoms with E-state index in [0.29, 0.717) is 25.9 Å². The largest absolute Gasteiger partial charge is 0.481 e. The minimum atomic E-state index is -0.819. The fourth-order valence-electron chi connectivity index (χ4n) is 2.59. The average Bonchev–Trinajstić information content (AvgIpc) is 2.83. The number of aryl methyl sites for hydroxylation is 1. The van der Waals surface area contributed by atoms with Crippen molar-refractivity contribution >= 4 is 11.9 Å². The van der Waals surface area contributed by atoms with Crippen molar-refractivity contribution in [1.82, 2.24) is 4.90 Å². The summed E-state index contributed by atoms with van der Waals surface area (Å²) in [6.45, 7) is 4.64. The maximum Gasteiger partial charge on any atom is 0.311 e. The summed E-state index contributed by atoms with van der Waals surface area (Å²) in [6, 6.07) is 8.01. The molecule has 1 aromatic rings. The zero-order valence-electron chi connectivity index (χ0n) is 12.1. The Hall–Kier alpha value is -1.84. The molecule has 1 atom stereocenters. The Morgan fingerprint density at radius 1 is 1.35 bits per heavy atom. The Balaban J connectivity index is 2.01. The number of carboxylic acid groups (broad SMARTS) is 1. The molecule has 108 valence electrons. The second-order valence-corrected chi connectivity index (χ2v) is 5.78. The first-order chi connectivity index (χ1) is 9.44. The number of rotatable bonds is 4. The van der Waals surface area contributed by atoms with Crippen molar-refractivity contribution < 1.29 is 14.7 Å². The van der Waals surface area contributed by atoms with Crippen LogP contribution in [0.1, 0.15) is 31.4 Å². The number of hydrogen-bond acceptors (Lipinski definition) is 2. The number of aliphatic carboxylic acids is 1. The maximum atomic E-state index is 12.3. The normalized spacial score (nSPS) is 22.0. The van der Waals surface area contributed by atoms with Gasteiger partial charge in [-0.3, -0.25) is 9.59 Å². The van der Waals surface area contributed by atoms with Crippen LogP contribution in [0, 0.1) is 5.41 Å². The third kappa shape index (κ3) is 3.00. The molecule has 1 N–H and O–H groups in total. The second-order valence-electron chi connectivity index (χ2n) is 5.78. The first-order valence-electron chi connectivity index (χ1n) is 7.03. The van der Waals surface area contributed by atoms with E-state index in [1.54, 1.807) is 11.8 Å². The van der Waals surface area contributed by atoms with Gasteiger partial charge in [-0.05, 0) is 30.9 Å². The number of carboxylic acids is 1. The lowest BCUT2D eigenvalue weighted by atomic mass is 9.90. The average molecular weight is 275 g/mol. The van der Waals surface area contributed by atoms with Crippen LogP contribution in [0.2, 0.25) is 0 Å². The van der Waals surface area contributed by atoms with E-state index in [1.165, 1.54) is 5.56 Å². The fraction of sp³-hybridized carbons (Fsp3) is 0.500. The zero-order chi connectivity index (χ0) is 14.8. The zero-order valence-corrected chi connectivity index (χ0v) is 12.1. The monoisotopic (exact) mass is 275 g/mol. The Labute approximate surface area is 119 Å². The number of likely N-dealkylation sites (tertiary alicyclic amines) is 1. The van der Waals surface area contributed by atoms with Crippen LogP contribution in [0.3, 0.4) is 0 Å². The molecular formula is C16H21NO3. The SMILES string of the molecule is CCc1cccc(CC(=O)N2CCC(C)(C(=O)O)C2)c1. The molecule has 0 radical (unpaired) electrons. The van der Waals surface area contributed by atoms with Gasteiger partial charge in [-0.1, -0.05) is 31.2 Å². The van der Waals surface area contributed by atoms with Gasteiger partial charge in [-0.15, -0.1) is 0 Å². The van der Waals surface area contributed by atoms with Crippen molar-refractivity contribution in [2.45, 2.75) is 33.1 Å². The molecule has 4 heteroatoms. The van der Waals surface area contributed by atoms with Crippen molar-refractivity contribution in [2.24, 2.45) is 5.41 Å². The number of amides is 1. The van der Waals surface area contributed by atoms with E-state index >= 15 is 0 Å². The van der Waals surface area contributed by atoms with Crippen LogP contribution in [0.4, 0.5) is 0 Å². The Kier molecular flexibility index (Phi) is 4.12. The molecule has 1 heterocycles. The molecule has 0 bridgehead atoms. The standard InChI is InChI=1S/C16H21NO3/c1-3-12-5-4-6-13(9-12)10-14(18)17-8-7-16(2,11-17)15(19)20/h4-6,9H,3,7-8,10-11H2,1-2H3,(H,19,20). The minimum Gasteiger partial charge on any atom is -0.481 e. The molecule has 1 saturated heterocycles.